The van der Waals surface area contributed by atoms with Gasteiger partial charge in [-0.2, -0.15) is 5.10 Å². The Balaban J connectivity index is 0.000000164. The number of imidazole rings is 1. The molecule has 0 atom stereocenters. The molecule has 0 saturated heterocycles. The Bertz CT molecular complexity index is 803. The van der Waals surface area contributed by atoms with Crippen molar-refractivity contribution >= 4 is 23.2 Å². The summed E-state index contributed by atoms with van der Waals surface area (Å²) in [6.45, 7) is 4.58. The standard InChI is InChI=1S/C8H7N3O.C7H10N2O/c9-8(12)5-1-2-6-7(3-5)11-4-10-6;1-3-9-7(5-10)4-6(2)8-9/h1-4H,(H2,9,12)(H,10,11);4-5H,3H2,1-2H3. The number of carbonyl (C=O) groups is 2. The lowest BCUT2D eigenvalue weighted by molar-refractivity contribution is 0.1000. The number of aromatic nitrogens is 4. The van der Waals surface area contributed by atoms with E-state index in [4.69, 9.17) is 5.73 Å². The van der Waals surface area contributed by atoms with Gasteiger partial charge in [-0.25, -0.2) is 4.98 Å². The highest BCUT2D eigenvalue weighted by molar-refractivity contribution is 5.96. The van der Waals surface area contributed by atoms with Crippen molar-refractivity contribution in [2.24, 2.45) is 5.73 Å². The van der Waals surface area contributed by atoms with E-state index in [0.717, 1.165) is 29.6 Å². The van der Waals surface area contributed by atoms with Crippen LogP contribution in [0.3, 0.4) is 0 Å². The summed E-state index contributed by atoms with van der Waals surface area (Å²) in [5, 5.41) is 4.09. The fourth-order valence-corrected chi connectivity index (χ4v) is 2.00. The first-order chi connectivity index (χ1) is 10.5. The maximum atomic E-state index is 10.8. The number of benzene rings is 1. The number of fused-ring (bicyclic) bond motifs is 1. The van der Waals surface area contributed by atoms with Gasteiger partial charge in [-0.3, -0.25) is 14.3 Å². The van der Waals surface area contributed by atoms with Crippen LogP contribution in [-0.4, -0.2) is 31.9 Å². The molecule has 0 saturated carbocycles. The van der Waals surface area contributed by atoms with E-state index in [9.17, 15) is 9.59 Å². The molecule has 0 spiro atoms. The first-order valence-corrected chi connectivity index (χ1v) is 6.77. The molecule has 0 aliphatic heterocycles. The van der Waals surface area contributed by atoms with Gasteiger partial charge in [-0.1, -0.05) is 0 Å². The molecule has 2 heterocycles. The van der Waals surface area contributed by atoms with Crippen molar-refractivity contribution in [1.82, 2.24) is 19.7 Å². The largest absolute Gasteiger partial charge is 0.366 e. The van der Waals surface area contributed by atoms with Gasteiger partial charge in [0.05, 0.1) is 23.1 Å². The predicted octanol–water partition coefficient (Wildman–Crippen LogP) is 1.69. The second-order valence-corrected chi connectivity index (χ2v) is 4.64. The lowest BCUT2D eigenvalue weighted by Crippen LogP contribution is -2.10. The number of H-pyrrole nitrogens is 1. The van der Waals surface area contributed by atoms with Gasteiger partial charge in [0.1, 0.15) is 5.69 Å². The maximum absolute atomic E-state index is 10.8. The number of nitrogens with zero attached hydrogens (tertiary/aromatic N) is 3. The number of nitrogens with one attached hydrogen (secondary N) is 1. The van der Waals surface area contributed by atoms with Crippen molar-refractivity contribution in [2.75, 3.05) is 0 Å². The first kappa shape index (κ1) is 15.4. The number of hydrogen-bond donors (Lipinski definition) is 2. The number of aryl methyl sites for hydroxylation is 2. The maximum Gasteiger partial charge on any atom is 0.248 e. The van der Waals surface area contributed by atoms with Crippen LogP contribution < -0.4 is 5.73 Å². The Morgan fingerprint density at radius 3 is 2.77 bits per heavy atom. The lowest BCUT2D eigenvalue weighted by atomic mass is 10.2. The molecule has 114 valence electrons. The topological polar surface area (TPSA) is 107 Å². The number of rotatable bonds is 3. The minimum absolute atomic E-state index is 0.425. The molecule has 0 fully saturated rings. The molecule has 3 N–H and O–H groups in total. The fourth-order valence-electron chi connectivity index (χ4n) is 2.00. The third kappa shape index (κ3) is 3.38. The third-order valence-corrected chi connectivity index (χ3v) is 3.06. The Kier molecular flexibility index (Phi) is 4.67. The van der Waals surface area contributed by atoms with E-state index in [1.165, 1.54) is 0 Å². The summed E-state index contributed by atoms with van der Waals surface area (Å²) in [5.41, 5.74) is 8.80. The van der Waals surface area contributed by atoms with Crippen LogP contribution in [0.1, 0.15) is 33.5 Å². The summed E-state index contributed by atoms with van der Waals surface area (Å²) in [7, 11) is 0. The van der Waals surface area contributed by atoms with E-state index in [1.54, 1.807) is 35.3 Å². The van der Waals surface area contributed by atoms with Crippen LogP contribution in [0.2, 0.25) is 0 Å². The molecule has 0 aliphatic rings. The third-order valence-electron chi connectivity index (χ3n) is 3.06. The minimum atomic E-state index is -0.425. The van der Waals surface area contributed by atoms with Crippen molar-refractivity contribution in [3.05, 3.63) is 47.5 Å². The van der Waals surface area contributed by atoms with E-state index < -0.39 is 5.91 Å². The minimum Gasteiger partial charge on any atom is -0.366 e. The average molecular weight is 299 g/mol. The molecule has 3 rings (SSSR count). The monoisotopic (exact) mass is 299 g/mol. The molecule has 0 aliphatic carbocycles. The van der Waals surface area contributed by atoms with Crippen LogP contribution in [-0.2, 0) is 6.54 Å². The zero-order valence-electron chi connectivity index (χ0n) is 12.4. The van der Waals surface area contributed by atoms with E-state index >= 15 is 0 Å². The lowest BCUT2D eigenvalue weighted by Gasteiger charge is -1.94. The number of aromatic amines is 1. The van der Waals surface area contributed by atoms with Gasteiger partial charge in [0.25, 0.3) is 0 Å². The highest BCUT2D eigenvalue weighted by Gasteiger charge is 2.02. The van der Waals surface area contributed by atoms with Crippen molar-refractivity contribution in [2.45, 2.75) is 20.4 Å². The molecule has 7 nitrogen and oxygen atoms in total. The molecule has 3 aromatic rings. The normalized spacial score (nSPS) is 10.1. The number of nitrogens with two attached hydrogens (primary N) is 1. The van der Waals surface area contributed by atoms with Crippen LogP contribution in [0, 0.1) is 6.92 Å². The summed E-state index contributed by atoms with van der Waals surface area (Å²) in [6, 6.07) is 6.87. The molecular weight excluding hydrogens is 282 g/mol. The molecular formula is C15H17N5O2. The summed E-state index contributed by atoms with van der Waals surface area (Å²) >= 11 is 0. The van der Waals surface area contributed by atoms with Crippen LogP contribution in [0.25, 0.3) is 11.0 Å². The summed E-state index contributed by atoms with van der Waals surface area (Å²) in [5.74, 6) is -0.425. The molecule has 2 aromatic heterocycles. The Labute approximate surface area is 127 Å². The van der Waals surface area contributed by atoms with Crippen LogP contribution in [0.5, 0.6) is 0 Å². The number of amides is 1. The summed E-state index contributed by atoms with van der Waals surface area (Å²) < 4.78 is 1.68. The second kappa shape index (κ2) is 6.66. The molecule has 22 heavy (non-hydrogen) atoms. The van der Waals surface area contributed by atoms with E-state index in [-0.39, 0.29) is 0 Å². The molecule has 0 radical (unpaired) electrons. The van der Waals surface area contributed by atoms with Crippen LogP contribution in [0.15, 0.2) is 30.6 Å². The zero-order chi connectivity index (χ0) is 16.1. The van der Waals surface area contributed by atoms with E-state index in [2.05, 4.69) is 15.1 Å². The van der Waals surface area contributed by atoms with Crippen molar-refractivity contribution in [3.8, 4) is 0 Å². The smallest absolute Gasteiger partial charge is 0.248 e. The molecule has 0 bridgehead atoms. The van der Waals surface area contributed by atoms with Gasteiger partial charge < -0.3 is 10.7 Å². The molecule has 7 heteroatoms. The van der Waals surface area contributed by atoms with Gasteiger partial charge in [0.2, 0.25) is 5.91 Å². The van der Waals surface area contributed by atoms with Gasteiger partial charge in [-0.15, -0.1) is 0 Å². The Morgan fingerprint density at radius 2 is 2.18 bits per heavy atom. The van der Waals surface area contributed by atoms with Gasteiger partial charge >= 0.3 is 0 Å². The van der Waals surface area contributed by atoms with Crippen LogP contribution in [0.4, 0.5) is 0 Å². The summed E-state index contributed by atoms with van der Waals surface area (Å²) in [4.78, 5) is 28.0. The Hall–Kier alpha value is -2.96. The molecule has 0 unspecified atom stereocenters. The number of hydrogen-bond acceptors (Lipinski definition) is 4. The van der Waals surface area contributed by atoms with E-state index in [1.807, 2.05) is 13.8 Å². The SMILES string of the molecule is CCn1nc(C)cc1C=O.NC(=O)c1ccc2nc[nH]c2c1. The van der Waals surface area contributed by atoms with E-state index in [0.29, 0.717) is 11.3 Å². The second-order valence-electron chi connectivity index (χ2n) is 4.64. The zero-order valence-corrected chi connectivity index (χ0v) is 12.4. The first-order valence-electron chi connectivity index (χ1n) is 6.77. The number of primary amides is 1. The van der Waals surface area contributed by atoms with Gasteiger partial charge in [0.15, 0.2) is 6.29 Å². The predicted molar refractivity (Wildman–Crippen MR) is 82.6 cm³/mol. The quantitative estimate of drug-likeness (QED) is 0.717. The number of aldehydes is 1. The summed E-state index contributed by atoms with van der Waals surface area (Å²) in [6.07, 6.45) is 2.40. The van der Waals surface area contributed by atoms with Gasteiger partial charge in [0, 0.05) is 12.1 Å². The van der Waals surface area contributed by atoms with Crippen molar-refractivity contribution in [1.29, 1.82) is 0 Å². The molecule has 1 amide bonds. The average Bonchev–Trinajstić information content (AvgIpc) is 3.12. The van der Waals surface area contributed by atoms with Crippen molar-refractivity contribution < 1.29 is 9.59 Å². The van der Waals surface area contributed by atoms with Crippen LogP contribution >= 0.6 is 0 Å². The fraction of sp³-hybridized carbons (Fsp3) is 0.200. The Morgan fingerprint density at radius 1 is 1.41 bits per heavy atom. The highest BCUT2D eigenvalue weighted by atomic mass is 16.1. The highest BCUT2D eigenvalue weighted by Crippen LogP contribution is 2.10. The number of carbonyl (C=O) groups excluding carboxylic acids is 2. The van der Waals surface area contributed by atoms with Gasteiger partial charge in [-0.05, 0) is 38.1 Å². The van der Waals surface area contributed by atoms with Crippen molar-refractivity contribution in [3.63, 3.8) is 0 Å². The molecule has 1 aromatic carbocycles.